The molecule has 1 amide bonds. The minimum absolute atomic E-state index is 0.199. The molecule has 0 spiro atoms. The molecule has 0 aliphatic rings. The maximum Gasteiger partial charge on any atom is 0.244 e. The molecule has 0 bridgehead atoms. The van der Waals surface area contributed by atoms with Gasteiger partial charge in [0.2, 0.25) is 5.91 Å². The number of carbonyl (C=O) groups is 1. The molecule has 31 heavy (non-hydrogen) atoms. The molecule has 0 aliphatic carbocycles. The molecule has 4 rings (SSSR count). The van der Waals surface area contributed by atoms with Gasteiger partial charge in [0.15, 0.2) is 0 Å². The first-order chi connectivity index (χ1) is 15.0. The molecular weight excluding hydrogens is 453 g/mol. The van der Waals surface area contributed by atoms with Crippen LogP contribution in [0.4, 0.5) is 0 Å². The Balaban J connectivity index is 1.51. The van der Waals surface area contributed by atoms with Gasteiger partial charge in [-0.3, -0.25) is 4.79 Å². The van der Waals surface area contributed by atoms with E-state index in [0.29, 0.717) is 21.6 Å². The van der Waals surface area contributed by atoms with Gasteiger partial charge in [0.1, 0.15) is 0 Å². The van der Waals surface area contributed by atoms with Crippen molar-refractivity contribution in [3.63, 3.8) is 0 Å². The molecule has 0 atom stereocenters. The number of halogens is 3. The summed E-state index contributed by atoms with van der Waals surface area (Å²) in [6.07, 6.45) is 3.87. The second-order valence-corrected chi connectivity index (χ2v) is 8.34. The lowest BCUT2D eigenvalue weighted by Gasteiger charge is -2.08. The highest BCUT2D eigenvalue weighted by Gasteiger charge is 2.09. The van der Waals surface area contributed by atoms with Gasteiger partial charge in [-0.15, -0.1) is 0 Å². The zero-order valence-electron chi connectivity index (χ0n) is 16.4. The molecule has 4 aromatic rings. The minimum Gasteiger partial charge on any atom is -0.342 e. The van der Waals surface area contributed by atoms with E-state index in [2.05, 4.69) is 15.1 Å². The van der Waals surface area contributed by atoms with E-state index in [1.807, 2.05) is 54.7 Å². The summed E-state index contributed by atoms with van der Waals surface area (Å²) >= 11 is 18.2. The number of aromatic nitrogens is 1. The van der Waals surface area contributed by atoms with Crippen LogP contribution in [-0.4, -0.2) is 16.7 Å². The number of para-hydroxylation sites is 1. The van der Waals surface area contributed by atoms with E-state index in [9.17, 15) is 4.79 Å². The normalized spacial score (nSPS) is 11.3. The van der Waals surface area contributed by atoms with Crippen LogP contribution in [0.1, 0.15) is 16.7 Å². The third kappa shape index (κ3) is 5.28. The Kier molecular flexibility index (Phi) is 6.62. The lowest BCUT2D eigenvalue weighted by molar-refractivity contribution is -0.120. The third-order valence-electron chi connectivity index (χ3n) is 4.85. The summed E-state index contributed by atoms with van der Waals surface area (Å²) in [6.45, 7) is 0.591. The standard InChI is InChI=1S/C24H18Cl3N3O/c25-19-8-5-16(6-9-19)11-24(31)29-28-13-18-15-30(23-4-2-1-3-21(18)23)14-17-7-10-20(26)12-22(17)27/h1-10,12-13,15H,11,14H2,(H,29,31)/b28-13-. The molecule has 7 heteroatoms. The molecule has 0 saturated heterocycles. The Bertz CT molecular complexity index is 1260. The number of nitrogens with one attached hydrogen (secondary N) is 1. The lowest BCUT2D eigenvalue weighted by Crippen LogP contribution is -2.19. The number of carbonyl (C=O) groups excluding carboxylic acids is 1. The van der Waals surface area contributed by atoms with Gasteiger partial charge in [-0.05, 0) is 41.5 Å². The van der Waals surface area contributed by atoms with E-state index in [-0.39, 0.29) is 12.3 Å². The highest BCUT2D eigenvalue weighted by Crippen LogP contribution is 2.25. The number of nitrogens with zero attached hydrogens (tertiary/aromatic N) is 2. The largest absolute Gasteiger partial charge is 0.342 e. The SMILES string of the molecule is O=C(Cc1ccc(Cl)cc1)N/N=C\c1cn(Cc2ccc(Cl)cc2Cl)c2ccccc12. The average molecular weight is 471 g/mol. The lowest BCUT2D eigenvalue weighted by atomic mass is 10.1. The second-order valence-electron chi connectivity index (χ2n) is 7.06. The van der Waals surface area contributed by atoms with Crippen LogP contribution in [0, 0.1) is 0 Å². The van der Waals surface area contributed by atoms with E-state index >= 15 is 0 Å². The molecule has 4 nitrogen and oxygen atoms in total. The quantitative estimate of drug-likeness (QED) is 0.259. The Morgan fingerprint density at radius 3 is 2.48 bits per heavy atom. The van der Waals surface area contributed by atoms with Crippen molar-refractivity contribution in [3.8, 4) is 0 Å². The van der Waals surface area contributed by atoms with Gasteiger partial charge < -0.3 is 4.57 Å². The minimum atomic E-state index is -0.199. The van der Waals surface area contributed by atoms with Crippen LogP contribution >= 0.6 is 34.8 Å². The van der Waals surface area contributed by atoms with E-state index in [0.717, 1.165) is 27.6 Å². The molecular formula is C24H18Cl3N3O. The molecule has 1 heterocycles. The van der Waals surface area contributed by atoms with Gasteiger partial charge in [-0.25, -0.2) is 5.43 Å². The van der Waals surface area contributed by atoms with Gasteiger partial charge in [0.25, 0.3) is 0 Å². The Hall–Kier alpha value is -2.79. The summed E-state index contributed by atoms with van der Waals surface area (Å²) in [5.41, 5.74) is 6.36. The first-order valence-corrected chi connectivity index (χ1v) is 10.7. The highest BCUT2D eigenvalue weighted by atomic mass is 35.5. The maximum absolute atomic E-state index is 12.2. The summed E-state index contributed by atoms with van der Waals surface area (Å²) in [6, 6.07) is 20.7. The summed E-state index contributed by atoms with van der Waals surface area (Å²) < 4.78 is 2.10. The molecule has 0 saturated carbocycles. The topological polar surface area (TPSA) is 46.4 Å². The fraction of sp³-hybridized carbons (Fsp3) is 0.0833. The highest BCUT2D eigenvalue weighted by molar-refractivity contribution is 6.35. The van der Waals surface area contributed by atoms with Crippen molar-refractivity contribution in [1.29, 1.82) is 0 Å². The van der Waals surface area contributed by atoms with Crippen molar-refractivity contribution in [2.24, 2.45) is 5.10 Å². The first kappa shape index (κ1) is 21.4. The van der Waals surface area contributed by atoms with Crippen molar-refractivity contribution in [1.82, 2.24) is 9.99 Å². The summed E-state index contributed by atoms with van der Waals surface area (Å²) in [5.74, 6) is -0.199. The zero-order valence-corrected chi connectivity index (χ0v) is 18.6. The Labute approximate surface area is 195 Å². The van der Waals surface area contributed by atoms with Crippen molar-refractivity contribution >= 4 is 57.8 Å². The van der Waals surface area contributed by atoms with Crippen molar-refractivity contribution in [2.75, 3.05) is 0 Å². The average Bonchev–Trinajstić information content (AvgIpc) is 3.09. The van der Waals surface area contributed by atoms with Crippen LogP contribution in [0.15, 0.2) is 78.0 Å². The monoisotopic (exact) mass is 469 g/mol. The fourth-order valence-corrected chi connectivity index (χ4v) is 3.94. The zero-order chi connectivity index (χ0) is 21.8. The van der Waals surface area contributed by atoms with Gasteiger partial charge in [0, 0.05) is 44.3 Å². The molecule has 0 aliphatic heterocycles. The number of benzene rings is 3. The number of hydrogen-bond donors (Lipinski definition) is 1. The predicted molar refractivity (Wildman–Crippen MR) is 128 cm³/mol. The number of amides is 1. The van der Waals surface area contributed by atoms with E-state index in [1.165, 1.54) is 0 Å². The molecule has 1 N–H and O–H groups in total. The Morgan fingerprint density at radius 1 is 0.968 bits per heavy atom. The molecule has 1 aromatic heterocycles. The van der Waals surface area contributed by atoms with Crippen molar-refractivity contribution < 1.29 is 4.79 Å². The van der Waals surface area contributed by atoms with Crippen molar-refractivity contribution in [2.45, 2.75) is 13.0 Å². The van der Waals surface area contributed by atoms with Crippen molar-refractivity contribution in [3.05, 3.63) is 105 Å². The molecule has 0 radical (unpaired) electrons. The smallest absolute Gasteiger partial charge is 0.244 e. The first-order valence-electron chi connectivity index (χ1n) is 9.58. The number of hydrazone groups is 1. The third-order valence-corrected chi connectivity index (χ3v) is 5.68. The summed E-state index contributed by atoms with van der Waals surface area (Å²) in [5, 5.41) is 7.04. The second kappa shape index (κ2) is 9.56. The maximum atomic E-state index is 12.2. The fourth-order valence-electron chi connectivity index (χ4n) is 3.34. The summed E-state index contributed by atoms with van der Waals surface area (Å²) in [4.78, 5) is 12.2. The number of fused-ring (bicyclic) bond motifs is 1. The molecule has 156 valence electrons. The van der Waals surface area contributed by atoms with E-state index in [4.69, 9.17) is 34.8 Å². The van der Waals surface area contributed by atoms with Crippen LogP contribution in [0.25, 0.3) is 10.9 Å². The molecule has 0 fully saturated rings. The van der Waals surface area contributed by atoms with Gasteiger partial charge in [-0.2, -0.15) is 5.10 Å². The van der Waals surface area contributed by atoms with Gasteiger partial charge in [-0.1, -0.05) is 71.2 Å². The Morgan fingerprint density at radius 2 is 1.71 bits per heavy atom. The summed E-state index contributed by atoms with van der Waals surface area (Å²) in [7, 11) is 0. The van der Waals surface area contributed by atoms with Gasteiger partial charge in [0.05, 0.1) is 12.6 Å². The van der Waals surface area contributed by atoms with Crippen LogP contribution in [0.5, 0.6) is 0 Å². The van der Waals surface area contributed by atoms with Crippen LogP contribution < -0.4 is 5.43 Å². The number of rotatable bonds is 6. The van der Waals surface area contributed by atoms with E-state index < -0.39 is 0 Å². The molecule has 0 unspecified atom stereocenters. The van der Waals surface area contributed by atoms with Crippen LogP contribution in [0.2, 0.25) is 15.1 Å². The molecule has 3 aromatic carbocycles. The predicted octanol–water partition coefficient (Wildman–Crippen LogP) is 6.34. The van der Waals surface area contributed by atoms with Gasteiger partial charge >= 0.3 is 0 Å². The van der Waals surface area contributed by atoms with Crippen LogP contribution in [0.3, 0.4) is 0 Å². The van der Waals surface area contributed by atoms with Crippen LogP contribution in [-0.2, 0) is 17.8 Å². The number of hydrogen-bond acceptors (Lipinski definition) is 2. The van der Waals surface area contributed by atoms with E-state index in [1.54, 1.807) is 24.4 Å².